The van der Waals surface area contributed by atoms with Crippen LogP contribution in [0.2, 0.25) is 0 Å². The van der Waals surface area contributed by atoms with Crippen molar-refractivity contribution in [3.05, 3.63) is 413 Å². The van der Waals surface area contributed by atoms with Crippen LogP contribution in [0, 0.1) is 0 Å². The Labute approximate surface area is 690 Å². The Morgan fingerprint density at radius 1 is 0.167 bits per heavy atom. The van der Waals surface area contributed by atoms with E-state index in [9.17, 15) is 0 Å². The molecule has 0 spiro atoms. The second-order valence-electron chi connectivity index (χ2n) is 31.5. The van der Waals surface area contributed by atoms with E-state index in [1.54, 1.807) is 0 Å². The predicted molar refractivity (Wildman–Crippen MR) is 498 cm³/mol. The summed E-state index contributed by atoms with van der Waals surface area (Å²) in [6.07, 6.45) is 0. The molecule has 0 fully saturated rings. The zero-order valence-corrected chi connectivity index (χ0v) is 64.8. The van der Waals surface area contributed by atoms with Crippen LogP contribution in [-0.2, 0) is 0 Å². The van der Waals surface area contributed by atoms with Gasteiger partial charge < -0.3 is 18.3 Å². The van der Waals surface area contributed by atoms with Gasteiger partial charge >= 0.3 is 0 Å². The van der Waals surface area contributed by atoms with Gasteiger partial charge in [0.25, 0.3) is 0 Å². The van der Waals surface area contributed by atoms with Crippen LogP contribution in [0.1, 0.15) is 0 Å². The summed E-state index contributed by atoms with van der Waals surface area (Å²) in [5.74, 6) is 1.45. The Hall–Kier alpha value is -16.2. The molecule has 0 atom stereocenters. The monoisotopic (exact) mass is 1520 g/mol. The molecule has 8 nitrogen and oxygen atoms in total. The van der Waals surface area contributed by atoms with E-state index in [0.29, 0.717) is 5.82 Å². The summed E-state index contributed by atoms with van der Waals surface area (Å²) in [7, 11) is 0. The maximum atomic E-state index is 5.38. The van der Waals surface area contributed by atoms with Crippen LogP contribution < -0.4 is 0 Å². The van der Waals surface area contributed by atoms with Gasteiger partial charge in [0.15, 0.2) is 11.6 Å². The van der Waals surface area contributed by atoms with E-state index in [2.05, 4.69) is 425 Å². The van der Waals surface area contributed by atoms with E-state index >= 15 is 0 Å². The first kappa shape index (κ1) is 67.2. The van der Waals surface area contributed by atoms with E-state index in [0.717, 1.165) is 101 Å². The SMILES string of the molecule is c1ccc(-c2nc(-c3cccc(-n4c5ccccc5c5cc(-c6ccc7c(c6)c6ccccc6n7-c6ccccc6)ccc54)c3)nc3c2-c2cccc4cccc-3c24)cc1.c1ccc(-c2nc(-c3ccccc3)c3c(n2)-c2cccc4c(-n5c6ccccc6c6cc(-c7ccc8c(c7)c7ccccc7n8-c7ccccc7)ccc65)ccc-3c24)cc1. The lowest BCUT2D eigenvalue weighted by Gasteiger charge is -2.14. The highest BCUT2D eigenvalue weighted by Gasteiger charge is 2.32. The van der Waals surface area contributed by atoms with Crippen molar-refractivity contribution in [2.45, 2.75) is 0 Å². The van der Waals surface area contributed by atoms with Crippen molar-refractivity contribution < 1.29 is 0 Å². The van der Waals surface area contributed by atoms with Crippen molar-refractivity contribution in [3.63, 3.8) is 0 Å². The van der Waals surface area contributed by atoms with E-state index in [1.807, 2.05) is 6.07 Å². The normalized spacial score (nSPS) is 12.0. The zero-order chi connectivity index (χ0) is 78.6. The molecule has 2 aliphatic carbocycles. The van der Waals surface area contributed by atoms with Crippen molar-refractivity contribution in [1.29, 1.82) is 0 Å². The average molecular weight is 1530 g/mol. The summed E-state index contributed by atoms with van der Waals surface area (Å²) < 4.78 is 9.58. The highest BCUT2D eigenvalue weighted by atomic mass is 15.0. The number of benzene rings is 18. The van der Waals surface area contributed by atoms with Crippen LogP contribution in [-0.4, -0.2) is 38.2 Å². The first-order valence-electron chi connectivity index (χ1n) is 41.0. The minimum atomic E-state index is 0.714. The molecular weight excluding hydrogens is 1460 g/mol. The van der Waals surface area contributed by atoms with E-state index in [4.69, 9.17) is 19.9 Å². The first-order valence-corrected chi connectivity index (χ1v) is 41.0. The quantitative estimate of drug-likeness (QED) is 0.137. The fraction of sp³-hybridized carbons (Fsp3) is 0. The predicted octanol–water partition coefficient (Wildman–Crippen LogP) is 28.9. The Morgan fingerprint density at radius 3 is 0.950 bits per heavy atom. The van der Waals surface area contributed by atoms with Crippen LogP contribution in [0.15, 0.2) is 413 Å². The molecule has 0 N–H and O–H groups in total. The lowest BCUT2D eigenvalue weighted by Crippen LogP contribution is -1.99. The van der Waals surface area contributed by atoms with Gasteiger partial charge in [-0.25, -0.2) is 19.9 Å². The first-order chi connectivity index (χ1) is 59.5. The second kappa shape index (κ2) is 26.7. The summed E-state index contributed by atoms with van der Waals surface area (Å²) in [6.45, 7) is 0. The molecule has 2 aliphatic rings. The molecule has 6 aromatic heterocycles. The number of fused-ring (bicyclic) bond motifs is 18. The topological polar surface area (TPSA) is 71.3 Å². The summed E-state index contributed by atoms with van der Waals surface area (Å²) >= 11 is 0. The molecule has 8 heteroatoms. The van der Waals surface area contributed by atoms with Crippen LogP contribution in [0.5, 0.6) is 0 Å². The van der Waals surface area contributed by atoms with Gasteiger partial charge in [-0.2, -0.15) is 0 Å². The van der Waals surface area contributed by atoms with Crippen molar-refractivity contribution in [2.75, 3.05) is 0 Å². The van der Waals surface area contributed by atoms with Gasteiger partial charge in [0.05, 0.1) is 72.6 Å². The minimum absolute atomic E-state index is 0.714. The van der Waals surface area contributed by atoms with E-state index in [-0.39, 0.29) is 0 Å². The Bertz CT molecular complexity index is 8340. The molecule has 0 saturated carbocycles. The van der Waals surface area contributed by atoms with Crippen molar-refractivity contribution in [1.82, 2.24) is 38.2 Å². The second-order valence-corrected chi connectivity index (χ2v) is 31.5. The van der Waals surface area contributed by atoms with E-state index in [1.165, 1.54) is 137 Å². The van der Waals surface area contributed by atoms with Gasteiger partial charge in [-0.3, -0.25) is 0 Å². The molecule has 0 unspecified atom stereocenters. The number of nitrogens with zero attached hydrogens (tertiary/aromatic N) is 8. The average Bonchev–Trinajstić information content (AvgIpc) is 1.55. The molecular formula is C112H68N8. The van der Waals surface area contributed by atoms with Gasteiger partial charge in [0.2, 0.25) is 0 Å². The highest BCUT2D eigenvalue weighted by molar-refractivity contribution is 6.22. The molecule has 556 valence electrons. The molecule has 6 heterocycles. The molecule has 0 aliphatic heterocycles. The fourth-order valence-corrected chi connectivity index (χ4v) is 19.7. The fourth-order valence-electron chi connectivity index (χ4n) is 19.7. The molecule has 26 rings (SSSR count). The summed E-state index contributed by atoms with van der Waals surface area (Å²) in [6, 6.07) is 148. The maximum Gasteiger partial charge on any atom is 0.160 e. The van der Waals surface area contributed by atoms with Gasteiger partial charge in [0.1, 0.15) is 0 Å². The Morgan fingerprint density at radius 2 is 0.483 bits per heavy atom. The molecule has 24 aromatic rings. The van der Waals surface area contributed by atoms with Gasteiger partial charge in [-0.1, -0.05) is 297 Å². The van der Waals surface area contributed by atoms with Gasteiger partial charge in [0, 0.05) is 115 Å². The highest BCUT2D eigenvalue weighted by Crippen LogP contribution is 2.54. The Kier molecular flexibility index (Phi) is 15.0. The third-order valence-electron chi connectivity index (χ3n) is 24.9. The van der Waals surface area contributed by atoms with Gasteiger partial charge in [-0.15, -0.1) is 0 Å². The van der Waals surface area contributed by atoms with Crippen molar-refractivity contribution in [2.24, 2.45) is 0 Å². The summed E-state index contributed by atoms with van der Waals surface area (Å²) in [5, 5.41) is 14.8. The Balaban J connectivity index is 0.000000133. The van der Waals surface area contributed by atoms with E-state index < -0.39 is 0 Å². The van der Waals surface area contributed by atoms with Gasteiger partial charge in [-0.05, 0) is 159 Å². The molecule has 0 radical (unpaired) electrons. The standard InChI is InChI=1S/2C56H34N4/c1-4-15-35(16-5-1)54-53-43-29-32-49(42-23-14-24-44(52(42)43)55(53)58-56(57-54)36-17-6-2-7-18-36)60-48-26-13-11-22-41(48)46-34-38(28-31-51(46)60)37-27-30-50-45(33-37)40-21-10-12-25-47(40)59(50)39-19-8-3-9-20-39;1-3-14-36(15-4-1)54-53-44-24-12-16-35-17-13-25-45(52(35)44)55(53)58-56(57-54)39-18-11-21-41(32-39)60-49-27-10-8-23-43(49)47-34-38(29-31-51(47)60)37-28-30-50-46(33-37)42-22-7-9-26-48(42)59(50)40-19-5-2-6-20-40/h2*1-34H. The van der Waals surface area contributed by atoms with Crippen LogP contribution in [0.25, 0.3) is 244 Å². The number of rotatable bonds is 10. The summed E-state index contributed by atoms with van der Waals surface area (Å²) in [5.41, 5.74) is 33.7. The third-order valence-corrected chi connectivity index (χ3v) is 24.9. The number of aromatic nitrogens is 8. The number of para-hydroxylation sites is 6. The van der Waals surface area contributed by atoms with Crippen molar-refractivity contribution in [3.8, 4) is 135 Å². The molecule has 18 aromatic carbocycles. The molecule has 120 heavy (non-hydrogen) atoms. The van der Waals surface area contributed by atoms with Crippen LogP contribution in [0.4, 0.5) is 0 Å². The van der Waals surface area contributed by atoms with Crippen LogP contribution in [0.3, 0.4) is 0 Å². The lowest BCUT2D eigenvalue weighted by molar-refractivity contribution is 1.16. The maximum absolute atomic E-state index is 5.38. The smallest absolute Gasteiger partial charge is 0.160 e. The summed E-state index contributed by atoms with van der Waals surface area (Å²) in [4.78, 5) is 21.3. The van der Waals surface area contributed by atoms with Crippen molar-refractivity contribution >= 4 is 109 Å². The number of hydrogen-bond acceptors (Lipinski definition) is 4. The minimum Gasteiger partial charge on any atom is -0.309 e. The lowest BCUT2D eigenvalue weighted by atomic mass is 9.98. The molecule has 0 bridgehead atoms. The largest absolute Gasteiger partial charge is 0.309 e. The third kappa shape index (κ3) is 10.3. The molecule has 0 saturated heterocycles. The van der Waals surface area contributed by atoms with Crippen LogP contribution >= 0.6 is 0 Å². The zero-order valence-electron chi connectivity index (χ0n) is 64.8. The molecule has 0 amide bonds. The number of hydrogen-bond donors (Lipinski definition) is 0.